The van der Waals surface area contributed by atoms with Gasteiger partial charge in [0, 0.05) is 5.69 Å². The maximum Gasteiger partial charge on any atom is 0.416 e. The van der Waals surface area contributed by atoms with Crippen LogP contribution < -0.4 is 5.32 Å². The Labute approximate surface area is 136 Å². The van der Waals surface area contributed by atoms with Gasteiger partial charge in [-0.25, -0.2) is 0 Å². The molecule has 0 heterocycles. The van der Waals surface area contributed by atoms with Crippen LogP contribution in [0, 0.1) is 6.92 Å². The fourth-order valence-electron chi connectivity index (χ4n) is 1.86. The average molecular weight is 336 g/mol. The molecule has 2 rings (SSSR count). The largest absolute Gasteiger partial charge is 0.416 e. The van der Waals surface area contributed by atoms with Crippen LogP contribution >= 0.6 is 0 Å². The van der Waals surface area contributed by atoms with Crippen LogP contribution in [-0.4, -0.2) is 18.7 Å². The second kappa shape index (κ2) is 7.63. The van der Waals surface area contributed by atoms with E-state index in [2.05, 4.69) is 10.5 Å². The number of carbonyl (C=O) groups excluding carboxylic acids is 1. The van der Waals surface area contributed by atoms with Crippen molar-refractivity contribution in [1.29, 1.82) is 0 Å². The van der Waals surface area contributed by atoms with Gasteiger partial charge < -0.3 is 10.2 Å². The standard InChI is InChI=1S/C17H15F3N2O2/c1-12-4-2-3-5-13(12)10-21-24-11-16(23)22-15-8-6-14(7-9-15)17(18,19)20/h2-10H,11H2,1H3,(H,22,23)/b21-10-. The van der Waals surface area contributed by atoms with Crippen molar-refractivity contribution in [1.82, 2.24) is 0 Å². The van der Waals surface area contributed by atoms with Gasteiger partial charge in [0.05, 0.1) is 11.8 Å². The van der Waals surface area contributed by atoms with Crippen LogP contribution in [0.2, 0.25) is 0 Å². The van der Waals surface area contributed by atoms with Crippen LogP contribution in [-0.2, 0) is 15.8 Å². The number of nitrogens with zero attached hydrogens (tertiary/aromatic N) is 1. The third-order valence-corrected chi connectivity index (χ3v) is 3.15. The summed E-state index contributed by atoms with van der Waals surface area (Å²) in [4.78, 5) is 16.5. The number of hydrogen-bond acceptors (Lipinski definition) is 3. The first-order chi connectivity index (χ1) is 11.4. The highest BCUT2D eigenvalue weighted by Crippen LogP contribution is 2.29. The number of oxime groups is 1. The number of nitrogens with one attached hydrogen (secondary N) is 1. The van der Waals surface area contributed by atoms with Gasteiger partial charge in [0.2, 0.25) is 0 Å². The molecule has 0 radical (unpaired) electrons. The Balaban J connectivity index is 1.82. The van der Waals surface area contributed by atoms with Gasteiger partial charge in [-0.15, -0.1) is 0 Å². The fraction of sp³-hybridized carbons (Fsp3) is 0.176. The van der Waals surface area contributed by atoms with E-state index in [4.69, 9.17) is 4.84 Å². The van der Waals surface area contributed by atoms with Crippen LogP contribution in [0.3, 0.4) is 0 Å². The van der Waals surface area contributed by atoms with Crippen LogP contribution in [0.5, 0.6) is 0 Å². The number of alkyl halides is 3. The molecule has 0 saturated carbocycles. The number of carbonyl (C=O) groups is 1. The molecule has 126 valence electrons. The van der Waals surface area contributed by atoms with Gasteiger partial charge in [-0.3, -0.25) is 4.79 Å². The zero-order valence-electron chi connectivity index (χ0n) is 12.8. The average Bonchev–Trinajstić information content (AvgIpc) is 2.53. The summed E-state index contributed by atoms with van der Waals surface area (Å²) < 4.78 is 37.3. The van der Waals surface area contributed by atoms with Gasteiger partial charge in [-0.1, -0.05) is 29.4 Å². The van der Waals surface area contributed by atoms with E-state index >= 15 is 0 Å². The molecular weight excluding hydrogens is 321 g/mol. The van der Waals surface area contributed by atoms with Crippen molar-refractivity contribution in [2.24, 2.45) is 5.16 Å². The van der Waals surface area contributed by atoms with Gasteiger partial charge in [0.25, 0.3) is 5.91 Å². The second-order valence-electron chi connectivity index (χ2n) is 4.99. The van der Waals surface area contributed by atoms with Gasteiger partial charge in [0.15, 0.2) is 6.61 Å². The van der Waals surface area contributed by atoms with Crippen molar-refractivity contribution in [2.75, 3.05) is 11.9 Å². The molecule has 0 aliphatic carbocycles. The molecule has 0 spiro atoms. The maximum atomic E-state index is 12.4. The number of benzene rings is 2. The van der Waals surface area contributed by atoms with Crippen molar-refractivity contribution >= 4 is 17.8 Å². The zero-order valence-corrected chi connectivity index (χ0v) is 12.8. The second-order valence-corrected chi connectivity index (χ2v) is 4.99. The minimum absolute atomic E-state index is 0.250. The SMILES string of the molecule is Cc1ccccc1/C=N\OCC(=O)Nc1ccc(C(F)(F)F)cc1. The minimum atomic E-state index is -4.41. The molecular formula is C17H15F3N2O2. The van der Waals surface area contributed by atoms with Crippen LogP contribution in [0.1, 0.15) is 16.7 Å². The minimum Gasteiger partial charge on any atom is -0.386 e. The maximum absolute atomic E-state index is 12.4. The van der Waals surface area contributed by atoms with Gasteiger partial charge >= 0.3 is 6.18 Å². The van der Waals surface area contributed by atoms with Crippen molar-refractivity contribution in [3.05, 3.63) is 65.2 Å². The number of hydrogen-bond donors (Lipinski definition) is 1. The molecule has 1 amide bonds. The van der Waals surface area contributed by atoms with Crippen molar-refractivity contribution < 1.29 is 22.8 Å². The quantitative estimate of drug-likeness (QED) is 0.663. The van der Waals surface area contributed by atoms with E-state index in [1.54, 1.807) is 0 Å². The highest BCUT2D eigenvalue weighted by atomic mass is 19.4. The van der Waals surface area contributed by atoms with E-state index in [1.807, 2.05) is 31.2 Å². The van der Waals surface area contributed by atoms with Crippen molar-refractivity contribution in [3.8, 4) is 0 Å². The Morgan fingerprint density at radius 1 is 1.17 bits per heavy atom. The lowest BCUT2D eigenvalue weighted by atomic mass is 10.1. The van der Waals surface area contributed by atoms with Crippen LogP contribution in [0.15, 0.2) is 53.7 Å². The molecule has 0 aromatic heterocycles. The summed E-state index contributed by atoms with van der Waals surface area (Å²) >= 11 is 0. The van der Waals surface area contributed by atoms with Crippen LogP contribution in [0.4, 0.5) is 18.9 Å². The molecule has 7 heteroatoms. The normalized spacial score (nSPS) is 11.5. The highest BCUT2D eigenvalue weighted by Gasteiger charge is 2.29. The molecule has 0 fully saturated rings. The summed E-state index contributed by atoms with van der Waals surface area (Å²) in [6.07, 6.45) is -2.92. The fourth-order valence-corrected chi connectivity index (χ4v) is 1.86. The first kappa shape index (κ1) is 17.5. The molecule has 2 aromatic rings. The summed E-state index contributed by atoms with van der Waals surface area (Å²) in [6.45, 7) is 1.57. The lowest BCUT2D eigenvalue weighted by Crippen LogP contribution is -2.17. The van der Waals surface area contributed by atoms with Crippen LogP contribution in [0.25, 0.3) is 0 Å². The first-order valence-electron chi connectivity index (χ1n) is 7.04. The summed E-state index contributed by atoms with van der Waals surface area (Å²) in [7, 11) is 0. The zero-order chi connectivity index (χ0) is 17.6. The molecule has 24 heavy (non-hydrogen) atoms. The summed E-state index contributed by atoms with van der Waals surface area (Å²) in [5.74, 6) is -0.517. The van der Waals surface area contributed by atoms with Gasteiger partial charge in [0.1, 0.15) is 0 Å². The van der Waals surface area contributed by atoms with E-state index in [0.29, 0.717) is 0 Å². The predicted molar refractivity (Wildman–Crippen MR) is 84.8 cm³/mol. The predicted octanol–water partition coefficient (Wildman–Crippen LogP) is 4.00. The molecule has 4 nitrogen and oxygen atoms in total. The molecule has 0 atom stereocenters. The van der Waals surface area contributed by atoms with Gasteiger partial charge in [-0.2, -0.15) is 13.2 Å². The lowest BCUT2D eigenvalue weighted by Gasteiger charge is -2.08. The summed E-state index contributed by atoms with van der Waals surface area (Å²) in [5, 5.41) is 6.12. The third kappa shape index (κ3) is 5.12. The Kier molecular flexibility index (Phi) is 5.57. The Morgan fingerprint density at radius 2 is 1.83 bits per heavy atom. The summed E-state index contributed by atoms with van der Waals surface area (Å²) in [6, 6.07) is 11.7. The Morgan fingerprint density at radius 3 is 2.46 bits per heavy atom. The highest BCUT2D eigenvalue weighted by molar-refractivity contribution is 5.91. The van der Waals surface area contributed by atoms with Gasteiger partial charge in [-0.05, 0) is 42.3 Å². The molecule has 0 unspecified atom stereocenters. The van der Waals surface area contributed by atoms with E-state index < -0.39 is 17.6 Å². The molecule has 0 aliphatic rings. The molecule has 1 N–H and O–H groups in total. The number of aryl methyl sites for hydroxylation is 1. The Hall–Kier alpha value is -2.83. The molecule has 0 saturated heterocycles. The van der Waals surface area contributed by atoms with E-state index in [1.165, 1.54) is 18.3 Å². The Bertz CT molecular complexity index is 725. The van der Waals surface area contributed by atoms with E-state index in [-0.39, 0.29) is 12.3 Å². The monoisotopic (exact) mass is 336 g/mol. The topological polar surface area (TPSA) is 50.7 Å². The third-order valence-electron chi connectivity index (χ3n) is 3.15. The van der Waals surface area contributed by atoms with E-state index in [0.717, 1.165) is 23.3 Å². The first-order valence-corrected chi connectivity index (χ1v) is 7.04. The number of halogens is 3. The smallest absolute Gasteiger partial charge is 0.386 e. The lowest BCUT2D eigenvalue weighted by molar-refractivity contribution is -0.137. The van der Waals surface area contributed by atoms with Crippen molar-refractivity contribution in [3.63, 3.8) is 0 Å². The summed E-state index contributed by atoms with van der Waals surface area (Å²) in [5.41, 5.74) is 1.35. The molecule has 2 aromatic carbocycles. The van der Waals surface area contributed by atoms with Crippen molar-refractivity contribution in [2.45, 2.75) is 13.1 Å². The molecule has 0 bridgehead atoms. The molecule has 0 aliphatic heterocycles. The number of amides is 1. The number of anilines is 1. The number of rotatable bonds is 5. The van der Waals surface area contributed by atoms with E-state index in [9.17, 15) is 18.0 Å².